The van der Waals surface area contributed by atoms with Crippen LogP contribution in [-0.2, 0) is 0 Å². The van der Waals surface area contributed by atoms with Crippen LogP contribution in [0, 0.1) is 0 Å². The molecule has 0 aliphatic carbocycles. The number of methoxy groups -OCH3 is 2. The number of rotatable bonds is 7. The van der Waals surface area contributed by atoms with E-state index >= 15 is 0 Å². The molecule has 0 saturated carbocycles. The van der Waals surface area contributed by atoms with Crippen molar-refractivity contribution in [2.24, 2.45) is 0 Å². The molecule has 2 N–H and O–H groups in total. The highest BCUT2D eigenvalue weighted by molar-refractivity contribution is 5.64. The SMILES string of the molecule is C=CCNc1ccnc(Nc2ccc(OC)cc2OC)n1. The van der Waals surface area contributed by atoms with E-state index in [1.807, 2.05) is 12.1 Å². The number of hydrogen-bond acceptors (Lipinski definition) is 6. The fourth-order valence-electron chi connectivity index (χ4n) is 1.72. The minimum atomic E-state index is 0.479. The summed E-state index contributed by atoms with van der Waals surface area (Å²) in [4.78, 5) is 8.54. The van der Waals surface area contributed by atoms with Crippen molar-refractivity contribution in [3.63, 3.8) is 0 Å². The average molecular weight is 286 g/mol. The Kier molecular flexibility index (Phi) is 4.98. The van der Waals surface area contributed by atoms with Gasteiger partial charge in [-0.15, -0.1) is 6.58 Å². The standard InChI is InChI=1S/C15H18N4O2/c1-4-8-16-14-7-9-17-15(19-14)18-12-6-5-11(20-2)10-13(12)21-3/h4-7,9-10H,1,8H2,2-3H3,(H2,16,17,18,19). The normalized spacial score (nSPS) is 9.81. The van der Waals surface area contributed by atoms with Crippen LogP contribution in [-0.4, -0.2) is 30.7 Å². The third kappa shape index (κ3) is 3.85. The van der Waals surface area contributed by atoms with Gasteiger partial charge in [0.25, 0.3) is 0 Å². The lowest BCUT2D eigenvalue weighted by molar-refractivity contribution is 0.395. The summed E-state index contributed by atoms with van der Waals surface area (Å²) < 4.78 is 10.5. The predicted octanol–water partition coefficient (Wildman–Crippen LogP) is 2.84. The highest BCUT2D eigenvalue weighted by Crippen LogP contribution is 2.30. The molecule has 1 heterocycles. The van der Waals surface area contributed by atoms with Gasteiger partial charge in [-0.2, -0.15) is 4.98 Å². The first-order valence-corrected chi connectivity index (χ1v) is 6.43. The van der Waals surface area contributed by atoms with Crippen LogP contribution in [0.25, 0.3) is 0 Å². The van der Waals surface area contributed by atoms with Gasteiger partial charge in [0.15, 0.2) is 0 Å². The summed E-state index contributed by atoms with van der Waals surface area (Å²) in [6.45, 7) is 4.30. The number of anilines is 3. The largest absolute Gasteiger partial charge is 0.497 e. The van der Waals surface area contributed by atoms with E-state index in [4.69, 9.17) is 9.47 Å². The lowest BCUT2D eigenvalue weighted by Crippen LogP contribution is -2.04. The number of ether oxygens (including phenoxy) is 2. The number of benzene rings is 1. The van der Waals surface area contributed by atoms with Gasteiger partial charge in [0.05, 0.1) is 19.9 Å². The van der Waals surface area contributed by atoms with E-state index in [0.29, 0.717) is 18.2 Å². The van der Waals surface area contributed by atoms with Crippen LogP contribution in [0.3, 0.4) is 0 Å². The molecule has 6 heteroatoms. The zero-order chi connectivity index (χ0) is 15.1. The van der Waals surface area contributed by atoms with Gasteiger partial charge in [0.2, 0.25) is 5.95 Å². The molecule has 0 aliphatic heterocycles. The molecule has 21 heavy (non-hydrogen) atoms. The third-order valence-corrected chi connectivity index (χ3v) is 2.74. The molecule has 1 aromatic heterocycles. The zero-order valence-electron chi connectivity index (χ0n) is 12.1. The monoisotopic (exact) mass is 286 g/mol. The molecule has 0 atom stereocenters. The maximum Gasteiger partial charge on any atom is 0.229 e. The Labute approximate surface area is 123 Å². The summed E-state index contributed by atoms with van der Waals surface area (Å²) in [5.74, 6) is 2.58. The highest BCUT2D eigenvalue weighted by Gasteiger charge is 2.07. The molecule has 1 aromatic carbocycles. The Morgan fingerprint density at radius 3 is 2.81 bits per heavy atom. The Morgan fingerprint density at radius 2 is 2.10 bits per heavy atom. The Hall–Kier alpha value is -2.76. The summed E-state index contributed by atoms with van der Waals surface area (Å²) in [6, 6.07) is 7.28. The molecular formula is C15H18N4O2. The maximum atomic E-state index is 5.33. The smallest absolute Gasteiger partial charge is 0.229 e. The lowest BCUT2D eigenvalue weighted by Gasteiger charge is -2.12. The predicted molar refractivity (Wildman–Crippen MR) is 83.5 cm³/mol. The van der Waals surface area contributed by atoms with Gasteiger partial charge < -0.3 is 20.1 Å². The van der Waals surface area contributed by atoms with Crippen molar-refractivity contribution in [2.75, 3.05) is 31.4 Å². The minimum absolute atomic E-state index is 0.479. The van der Waals surface area contributed by atoms with Gasteiger partial charge in [-0.25, -0.2) is 4.98 Å². The van der Waals surface area contributed by atoms with E-state index in [-0.39, 0.29) is 0 Å². The number of aromatic nitrogens is 2. The Bertz CT molecular complexity index is 616. The van der Waals surface area contributed by atoms with E-state index in [9.17, 15) is 0 Å². The van der Waals surface area contributed by atoms with Crippen LogP contribution in [0.1, 0.15) is 0 Å². The van der Waals surface area contributed by atoms with Gasteiger partial charge in [-0.3, -0.25) is 0 Å². The average Bonchev–Trinajstić information content (AvgIpc) is 2.53. The minimum Gasteiger partial charge on any atom is -0.497 e. The van der Waals surface area contributed by atoms with Gasteiger partial charge >= 0.3 is 0 Å². The van der Waals surface area contributed by atoms with Crippen LogP contribution in [0.2, 0.25) is 0 Å². The van der Waals surface area contributed by atoms with E-state index in [1.54, 1.807) is 38.6 Å². The van der Waals surface area contributed by atoms with Crippen molar-refractivity contribution < 1.29 is 9.47 Å². The molecule has 0 unspecified atom stereocenters. The Morgan fingerprint density at radius 1 is 1.24 bits per heavy atom. The third-order valence-electron chi connectivity index (χ3n) is 2.74. The van der Waals surface area contributed by atoms with E-state index < -0.39 is 0 Å². The fraction of sp³-hybridized carbons (Fsp3) is 0.200. The van der Waals surface area contributed by atoms with E-state index in [1.165, 1.54) is 0 Å². The lowest BCUT2D eigenvalue weighted by atomic mass is 10.2. The molecule has 0 amide bonds. The molecular weight excluding hydrogens is 268 g/mol. The first-order chi connectivity index (χ1) is 10.3. The first-order valence-electron chi connectivity index (χ1n) is 6.43. The molecule has 0 spiro atoms. The van der Waals surface area contributed by atoms with Crippen molar-refractivity contribution in [3.8, 4) is 11.5 Å². The molecule has 0 fully saturated rings. The van der Waals surface area contributed by atoms with Crippen molar-refractivity contribution in [1.82, 2.24) is 9.97 Å². The molecule has 2 rings (SSSR count). The number of nitrogens with zero attached hydrogens (tertiary/aromatic N) is 2. The number of nitrogens with one attached hydrogen (secondary N) is 2. The van der Waals surface area contributed by atoms with Crippen molar-refractivity contribution in [3.05, 3.63) is 43.1 Å². The second-order valence-corrected chi connectivity index (χ2v) is 4.13. The summed E-state index contributed by atoms with van der Waals surface area (Å²) >= 11 is 0. The summed E-state index contributed by atoms with van der Waals surface area (Å²) in [5.41, 5.74) is 0.763. The first kappa shape index (κ1) is 14.6. The fourth-order valence-corrected chi connectivity index (χ4v) is 1.72. The van der Waals surface area contributed by atoms with Gasteiger partial charge in [0.1, 0.15) is 17.3 Å². The van der Waals surface area contributed by atoms with Crippen LogP contribution in [0.5, 0.6) is 11.5 Å². The quantitative estimate of drug-likeness (QED) is 0.763. The van der Waals surface area contributed by atoms with Crippen LogP contribution < -0.4 is 20.1 Å². The topological polar surface area (TPSA) is 68.3 Å². The molecule has 6 nitrogen and oxygen atoms in total. The summed E-state index contributed by atoms with van der Waals surface area (Å²) in [7, 11) is 3.21. The van der Waals surface area contributed by atoms with Crippen molar-refractivity contribution >= 4 is 17.5 Å². The molecule has 2 aromatic rings. The second kappa shape index (κ2) is 7.14. The van der Waals surface area contributed by atoms with E-state index in [0.717, 1.165) is 17.3 Å². The van der Waals surface area contributed by atoms with Crippen LogP contribution in [0.4, 0.5) is 17.5 Å². The van der Waals surface area contributed by atoms with Crippen LogP contribution >= 0.6 is 0 Å². The Balaban J connectivity index is 2.19. The van der Waals surface area contributed by atoms with Crippen molar-refractivity contribution in [2.45, 2.75) is 0 Å². The highest BCUT2D eigenvalue weighted by atomic mass is 16.5. The molecule has 110 valence electrons. The number of hydrogen-bond donors (Lipinski definition) is 2. The molecule has 0 aliphatic rings. The zero-order valence-corrected chi connectivity index (χ0v) is 12.1. The molecule has 0 saturated heterocycles. The van der Waals surface area contributed by atoms with E-state index in [2.05, 4.69) is 27.2 Å². The van der Waals surface area contributed by atoms with Crippen LogP contribution in [0.15, 0.2) is 43.1 Å². The van der Waals surface area contributed by atoms with Gasteiger partial charge in [0, 0.05) is 18.8 Å². The van der Waals surface area contributed by atoms with Gasteiger partial charge in [-0.1, -0.05) is 6.08 Å². The molecule has 0 radical (unpaired) electrons. The summed E-state index contributed by atoms with van der Waals surface area (Å²) in [6.07, 6.45) is 3.44. The molecule has 0 bridgehead atoms. The second-order valence-electron chi connectivity index (χ2n) is 4.13. The van der Waals surface area contributed by atoms with Gasteiger partial charge in [-0.05, 0) is 18.2 Å². The summed E-state index contributed by atoms with van der Waals surface area (Å²) in [5, 5.41) is 6.23. The van der Waals surface area contributed by atoms with Crippen molar-refractivity contribution in [1.29, 1.82) is 0 Å². The maximum absolute atomic E-state index is 5.33.